The fraction of sp³-hybridized carbons (Fsp3) is 0.312. The summed E-state index contributed by atoms with van der Waals surface area (Å²) in [7, 11) is 0. The van der Waals surface area contributed by atoms with Crippen LogP contribution in [0.3, 0.4) is 0 Å². The number of hydrogen-bond acceptors (Lipinski definition) is 3. The van der Waals surface area contributed by atoms with Gasteiger partial charge in [-0.15, -0.1) is 11.3 Å². The lowest BCUT2D eigenvalue weighted by molar-refractivity contribution is -0.120. The van der Waals surface area contributed by atoms with E-state index in [-0.39, 0.29) is 18.3 Å². The van der Waals surface area contributed by atoms with E-state index in [1.54, 1.807) is 6.07 Å². The molecule has 0 aliphatic rings. The van der Waals surface area contributed by atoms with E-state index in [1.165, 1.54) is 17.4 Å². The molecule has 0 saturated carbocycles. The van der Waals surface area contributed by atoms with Crippen LogP contribution in [0, 0.1) is 5.82 Å². The second-order valence-electron chi connectivity index (χ2n) is 4.75. The average molecular weight is 306 g/mol. The normalized spacial score (nSPS) is 10.6. The summed E-state index contributed by atoms with van der Waals surface area (Å²) in [5.41, 5.74) is 1.57. The van der Waals surface area contributed by atoms with Crippen molar-refractivity contribution >= 4 is 17.2 Å². The van der Waals surface area contributed by atoms with Crippen LogP contribution in [0.5, 0.6) is 0 Å². The highest BCUT2D eigenvalue weighted by atomic mass is 32.1. The summed E-state index contributed by atoms with van der Waals surface area (Å²) in [6.45, 7) is 3.52. The molecule has 2 N–H and O–H groups in total. The molecular weight excluding hydrogens is 287 g/mol. The Kier molecular flexibility index (Phi) is 5.90. The standard InChI is InChI=1S/C16H19FN2OS/c1-2-7-19-16(20)11-18-10-12-5-6-14(17)13(9-12)15-4-3-8-21-15/h3-6,8-9,18H,2,7,10-11H2,1H3,(H,19,20). The van der Waals surface area contributed by atoms with Crippen molar-refractivity contribution in [2.45, 2.75) is 19.9 Å². The number of hydrogen-bond donors (Lipinski definition) is 2. The molecule has 0 atom stereocenters. The third-order valence-corrected chi connectivity index (χ3v) is 3.91. The SMILES string of the molecule is CCCNC(=O)CNCc1ccc(F)c(-c2cccs2)c1. The maximum atomic E-state index is 13.8. The number of nitrogens with one attached hydrogen (secondary N) is 2. The van der Waals surface area contributed by atoms with Gasteiger partial charge in [-0.3, -0.25) is 4.79 Å². The molecule has 21 heavy (non-hydrogen) atoms. The largest absolute Gasteiger partial charge is 0.355 e. The van der Waals surface area contributed by atoms with Crippen molar-refractivity contribution in [2.24, 2.45) is 0 Å². The second kappa shape index (κ2) is 7.90. The van der Waals surface area contributed by atoms with Gasteiger partial charge in [0.25, 0.3) is 0 Å². The van der Waals surface area contributed by atoms with Gasteiger partial charge < -0.3 is 10.6 Å². The van der Waals surface area contributed by atoms with Crippen molar-refractivity contribution in [3.05, 3.63) is 47.1 Å². The molecule has 0 bridgehead atoms. The maximum absolute atomic E-state index is 13.8. The molecule has 1 amide bonds. The van der Waals surface area contributed by atoms with E-state index >= 15 is 0 Å². The Morgan fingerprint density at radius 2 is 2.19 bits per heavy atom. The summed E-state index contributed by atoms with van der Waals surface area (Å²) in [5, 5.41) is 7.80. The number of halogens is 1. The summed E-state index contributed by atoms with van der Waals surface area (Å²) in [6.07, 6.45) is 0.924. The van der Waals surface area contributed by atoms with Crippen LogP contribution in [0.4, 0.5) is 4.39 Å². The van der Waals surface area contributed by atoms with Gasteiger partial charge in [0.1, 0.15) is 5.82 Å². The first-order valence-corrected chi connectivity index (χ1v) is 7.88. The fourth-order valence-electron chi connectivity index (χ4n) is 1.95. The van der Waals surface area contributed by atoms with Gasteiger partial charge in [-0.1, -0.05) is 19.1 Å². The topological polar surface area (TPSA) is 41.1 Å². The highest BCUT2D eigenvalue weighted by Gasteiger charge is 2.07. The van der Waals surface area contributed by atoms with Crippen LogP contribution in [0.2, 0.25) is 0 Å². The van der Waals surface area contributed by atoms with Gasteiger partial charge in [0.2, 0.25) is 5.91 Å². The summed E-state index contributed by atoms with van der Waals surface area (Å²) in [4.78, 5) is 12.4. The maximum Gasteiger partial charge on any atom is 0.233 e. The van der Waals surface area contributed by atoms with Crippen LogP contribution in [0.15, 0.2) is 35.7 Å². The molecule has 1 heterocycles. The van der Waals surface area contributed by atoms with Gasteiger partial charge >= 0.3 is 0 Å². The predicted octanol–water partition coefficient (Wildman–Crippen LogP) is 3.17. The van der Waals surface area contributed by atoms with Crippen LogP contribution < -0.4 is 10.6 Å². The van der Waals surface area contributed by atoms with E-state index in [1.807, 2.05) is 30.5 Å². The van der Waals surface area contributed by atoms with Crippen LogP contribution in [0.1, 0.15) is 18.9 Å². The zero-order chi connectivity index (χ0) is 15.1. The van der Waals surface area contributed by atoms with Gasteiger partial charge in [0.05, 0.1) is 6.54 Å². The van der Waals surface area contributed by atoms with Crippen molar-refractivity contribution in [3.63, 3.8) is 0 Å². The van der Waals surface area contributed by atoms with E-state index in [0.717, 1.165) is 16.9 Å². The molecule has 5 heteroatoms. The van der Waals surface area contributed by atoms with E-state index < -0.39 is 0 Å². The summed E-state index contributed by atoms with van der Waals surface area (Å²) < 4.78 is 13.8. The lowest BCUT2D eigenvalue weighted by atomic mass is 10.1. The highest BCUT2D eigenvalue weighted by molar-refractivity contribution is 7.13. The van der Waals surface area contributed by atoms with Gasteiger partial charge in [-0.05, 0) is 35.6 Å². The monoisotopic (exact) mass is 306 g/mol. The van der Waals surface area contributed by atoms with Crippen molar-refractivity contribution in [1.82, 2.24) is 10.6 Å². The molecule has 2 aromatic rings. The predicted molar refractivity (Wildman–Crippen MR) is 84.7 cm³/mol. The summed E-state index contributed by atoms with van der Waals surface area (Å²) in [6, 6.07) is 8.85. The Morgan fingerprint density at radius 1 is 1.33 bits per heavy atom. The minimum atomic E-state index is -0.220. The van der Waals surface area contributed by atoms with E-state index in [2.05, 4.69) is 10.6 Å². The first kappa shape index (κ1) is 15.7. The smallest absolute Gasteiger partial charge is 0.233 e. The fourth-order valence-corrected chi connectivity index (χ4v) is 2.69. The van der Waals surface area contributed by atoms with Crippen LogP contribution >= 0.6 is 11.3 Å². The summed E-state index contributed by atoms with van der Waals surface area (Å²) >= 11 is 1.51. The highest BCUT2D eigenvalue weighted by Crippen LogP contribution is 2.28. The first-order valence-electron chi connectivity index (χ1n) is 7.00. The Hall–Kier alpha value is -1.72. The Morgan fingerprint density at radius 3 is 2.90 bits per heavy atom. The van der Waals surface area contributed by atoms with E-state index in [0.29, 0.717) is 18.7 Å². The lowest BCUT2D eigenvalue weighted by Crippen LogP contribution is -2.33. The number of carbonyl (C=O) groups excluding carboxylic acids is 1. The van der Waals surface area contributed by atoms with Gasteiger partial charge in [-0.2, -0.15) is 0 Å². The van der Waals surface area contributed by atoms with Gasteiger partial charge in [0.15, 0.2) is 0 Å². The molecule has 0 radical (unpaired) electrons. The number of rotatable bonds is 7. The number of amides is 1. The molecule has 1 aromatic heterocycles. The Balaban J connectivity index is 1.93. The van der Waals surface area contributed by atoms with Crippen molar-refractivity contribution in [3.8, 4) is 10.4 Å². The number of carbonyl (C=O) groups is 1. The Bertz CT molecular complexity index is 584. The summed E-state index contributed by atoms with van der Waals surface area (Å²) in [5.74, 6) is -0.237. The molecule has 0 spiro atoms. The number of benzene rings is 1. The first-order chi connectivity index (χ1) is 10.2. The second-order valence-corrected chi connectivity index (χ2v) is 5.69. The third-order valence-electron chi connectivity index (χ3n) is 3.00. The van der Waals surface area contributed by atoms with Crippen molar-refractivity contribution in [1.29, 1.82) is 0 Å². The van der Waals surface area contributed by atoms with Crippen molar-refractivity contribution in [2.75, 3.05) is 13.1 Å². The molecule has 0 saturated heterocycles. The molecule has 2 rings (SSSR count). The number of thiophene rings is 1. The molecule has 0 aliphatic carbocycles. The minimum absolute atomic E-state index is 0.0163. The van der Waals surface area contributed by atoms with Crippen LogP contribution in [-0.4, -0.2) is 19.0 Å². The molecule has 1 aromatic carbocycles. The Labute approximate surface area is 128 Å². The quantitative estimate of drug-likeness (QED) is 0.825. The van der Waals surface area contributed by atoms with Gasteiger partial charge in [0, 0.05) is 23.5 Å². The van der Waals surface area contributed by atoms with E-state index in [9.17, 15) is 9.18 Å². The molecular formula is C16H19FN2OS. The molecule has 112 valence electrons. The van der Waals surface area contributed by atoms with Crippen LogP contribution in [0.25, 0.3) is 10.4 Å². The van der Waals surface area contributed by atoms with E-state index in [4.69, 9.17) is 0 Å². The molecule has 3 nitrogen and oxygen atoms in total. The third kappa shape index (κ3) is 4.65. The minimum Gasteiger partial charge on any atom is -0.355 e. The molecule has 0 aliphatic heterocycles. The molecule has 0 unspecified atom stereocenters. The zero-order valence-corrected chi connectivity index (χ0v) is 12.8. The lowest BCUT2D eigenvalue weighted by Gasteiger charge is -2.08. The van der Waals surface area contributed by atoms with Gasteiger partial charge in [-0.25, -0.2) is 4.39 Å². The molecule has 0 fully saturated rings. The van der Waals surface area contributed by atoms with Crippen molar-refractivity contribution < 1.29 is 9.18 Å². The average Bonchev–Trinajstić information content (AvgIpc) is 3.01. The zero-order valence-electron chi connectivity index (χ0n) is 12.0. The van der Waals surface area contributed by atoms with Crippen LogP contribution in [-0.2, 0) is 11.3 Å².